The van der Waals surface area contributed by atoms with Gasteiger partial charge in [0.1, 0.15) is 12.5 Å². The van der Waals surface area contributed by atoms with Crippen LogP contribution in [0.5, 0.6) is 0 Å². The topological polar surface area (TPSA) is 48.0 Å². The van der Waals surface area contributed by atoms with Gasteiger partial charge in [0.15, 0.2) is 0 Å². The van der Waals surface area contributed by atoms with Gasteiger partial charge in [-0.2, -0.15) is 13.2 Å². The zero-order chi connectivity index (χ0) is 27.9. The van der Waals surface area contributed by atoms with Gasteiger partial charge in [0.2, 0.25) is 6.41 Å². The minimum atomic E-state index is -4.58. The molecule has 3 nitrogen and oxygen atoms in total. The number of benzene rings is 3. The number of thioether (sulfide) groups is 1. The number of fused-ring (bicyclic) bond motifs is 1. The molecule has 0 atom stereocenters. The Morgan fingerprint density at radius 1 is 1.00 bits per heavy atom. The molecule has 2 N–H and O–H groups in total. The smallest absolute Gasteiger partial charge is 0.372 e. The largest absolute Gasteiger partial charge is 0.416 e. The zero-order valence-corrected chi connectivity index (χ0v) is 22.1. The second-order valence-corrected chi connectivity index (χ2v) is 10.1. The summed E-state index contributed by atoms with van der Waals surface area (Å²) in [7, 11) is 0. The van der Waals surface area contributed by atoms with Gasteiger partial charge in [-0.1, -0.05) is 36.7 Å². The number of hydrogen-bond donors (Lipinski definition) is 1. The number of nitrogens with two attached hydrogens (primary N) is 1. The number of primary amides is 1. The molecule has 0 saturated heterocycles. The van der Waals surface area contributed by atoms with E-state index in [-0.39, 0.29) is 30.0 Å². The van der Waals surface area contributed by atoms with Crippen LogP contribution in [0.4, 0.5) is 22.0 Å². The number of carbonyl (C=O) groups is 1. The highest BCUT2D eigenvalue weighted by molar-refractivity contribution is 7.99. The van der Waals surface area contributed by atoms with Crippen LogP contribution in [0.2, 0.25) is 5.02 Å². The number of hydrogen-bond acceptors (Lipinski definition) is 2. The molecular formula is C28H26ClF5N2OS. The molecule has 0 aliphatic rings. The second kappa shape index (κ2) is 13.2. The maximum atomic E-state index is 15.1. The number of nitrogens with zero attached hydrogens (tertiary/aromatic N) is 1. The molecule has 0 fully saturated rings. The molecule has 0 radical (unpaired) electrons. The Hall–Kier alpha value is -3.04. The van der Waals surface area contributed by atoms with Gasteiger partial charge < -0.3 is 10.3 Å². The molecule has 0 aliphatic heterocycles. The van der Waals surface area contributed by atoms with Crippen molar-refractivity contribution in [2.45, 2.75) is 37.4 Å². The van der Waals surface area contributed by atoms with Crippen LogP contribution in [0.3, 0.4) is 0 Å². The minimum Gasteiger partial charge on any atom is -0.372 e. The van der Waals surface area contributed by atoms with Crippen LogP contribution >= 0.6 is 23.4 Å². The van der Waals surface area contributed by atoms with Gasteiger partial charge in [-0.05, 0) is 64.9 Å². The SMILES string of the molecule is CCSc1ccc(Cc2cc3cc(Cc4ccc(Cl)cc4C(F)(F)F)n(CCF)c3cc2F)cc1.NC=O. The standard InChI is InChI=1S/C27H23ClF5NS.CH3NO/c1-2-35-23-7-3-17(4-8-23)11-19-12-20-14-22(34(10-9-29)26(20)16-25(19)30)13-18-5-6-21(28)15-24(18)27(31,32)33;2-1-3/h3-8,12,14-16H,2,9-11,13H2,1H3;1H,(H2,2,3). The highest BCUT2D eigenvalue weighted by atomic mass is 35.5. The zero-order valence-electron chi connectivity index (χ0n) is 20.5. The molecule has 1 aromatic heterocycles. The third kappa shape index (κ3) is 7.29. The second-order valence-electron chi connectivity index (χ2n) is 8.34. The molecule has 1 heterocycles. The monoisotopic (exact) mass is 568 g/mol. The van der Waals surface area contributed by atoms with Crippen LogP contribution in [0.15, 0.2) is 65.6 Å². The van der Waals surface area contributed by atoms with Gasteiger partial charge >= 0.3 is 6.18 Å². The van der Waals surface area contributed by atoms with Gasteiger partial charge in [0.25, 0.3) is 0 Å². The molecule has 4 rings (SSSR count). The first-order chi connectivity index (χ1) is 18.1. The van der Waals surface area contributed by atoms with Crippen LogP contribution in [0, 0.1) is 5.82 Å². The van der Waals surface area contributed by atoms with Gasteiger partial charge in [-0.3, -0.25) is 4.79 Å². The van der Waals surface area contributed by atoms with E-state index < -0.39 is 24.2 Å². The van der Waals surface area contributed by atoms with E-state index in [0.29, 0.717) is 28.6 Å². The van der Waals surface area contributed by atoms with E-state index in [1.54, 1.807) is 28.5 Å². The summed E-state index contributed by atoms with van der Waals surface area (Å²) < 4.78 is 70.7. The third-order valence-corrected chi connectivity index (χ3v) is 6.97. The van der Waals surface area contributed by atoms with Crippen molar-refractivity contribution in [1.82, 2.24) is 4.57 Å². The fourth-order valence-electron chi connectivity index (χ4n) is 4.27. The molecule has 0 aliphatic carbocycles. The van der Waals surface area contributed by atoms with Crippen LogP contribution in [0.25, 0.3) is 10.9 Å². The van der Waals surface area contributed by atoms with E-state index in [0.717, 1.165) is 22.3 Å². The van der Waals surface area contributed by atoms with Gasteiger partial charge in [0.05, 0.1) is 17.6 Å². The van der Waals surface area contributed by atoms with Crippen molar-refractivity contribution in [2.24, 2.45) is 5.73 Å². The fourth-order valence-corrected chi connectivity index (χ4v) is 5.10. The lowest BCUT2D eigenvalue weighted by atomic mass is 10.0. The summed E-state index contributed by atoms with van der Waals surface area (Å²) in [6.07, 6.45) is -4.05. The number of amides is 1. The molecule has 0 saturated carbocycles. The van der Waals surface area contributed by atoms with E-state index >= 15 is 4.39 Å². The van der Waals surface area contributed by atoms with Crippen molar-refractivity contribution in [3.63, 3.8) is 0 Å². The Morgan fingerprint density at radius 3 is 2.29 bits per heavy atom. The Balaban J connectivity index is 0.00000127. The fraction of sp³-hybridized carbons (Fsp3) is 0.250. The highest BCUT2D eigenvalue weighted by Crippen LogP contribution is 2.36. The summed E-state index contributed by atoms with van der Waals surface area (Å²) in [5.41, 5.74) is 5.70. The first-order valence-corrected chi connectivity index (χ1v) is 13.1. The van der Waals surface area contributed by atoms with E-state index in [9.17, 15) is 17.6 Å². The highest BCUT2D eigenvalue weighted by Gasteiger charge is 2.33. The lowest BCUT2D eigenvalue weighted by Crippen LogP contribution is -2.11. The van der Waals surface area contributed by atoms with Crippen molar-refractivity contribution in [3.05, 3.63) is 99.5 Å². The van der Waals surface area contributed by atoms with Crippen molar-refractivity contribution < 1.29 is 26.7 Å². The first kappa shape index (κ1) is 29.5. The molecule has 4 aromatic rings. The molecule has 38 heavy (non-hydrogen) atoms. The number of aryl methyl sites for hydroxylation is 1. The van der Waals surface area contributed by atoms with Crippen LogP contribution < -0.4 is 5.73 Å². The molecule has 0 unspecified atom stereocenters. The van der Waals surface area contributed by atoms with E-state index in [1.165, 1.54) is 18.2 Å². The van der Waals surface area contributed by atoms with Crippen molar-refractivity contribution in [1.29, 1.82) is 0 Å². The summed E-state index contributed by atoms with van der Waals surface area (Å²) in [6, 6.07) is 16.3. The summed E-state index contributed by atoms with van der Waals surface area (Å²) in [5, 5.41) is 0.643. The predicted molar refractivity (Wildman–Crippen MR) is 143 cm³/mol. The third-order valence-electron chi connectivity index (χ3n) is 5.84. The minimum absolute atomic E-state index is 0.0154. The summed E-state index contributed by atoms with van der Waals surface area (Å²) in [6.45, 7) is 1.27. The molecule has 0 spiro atoms. The van der Waals surface area contributed by atoms with Gasteiger partial charge in [0, 0.05) is 33.8 Å². The average Bonchev–Trinajstić information content (AvgIpc) is 3.17. The molecule has 3 aromatic carbocycles. The Morgan fingerprint density at radius 2 is 1.68 bits per heavy atom. The molecule has 10 heteroatoms. The summed E-state index contributed by atoms with van der Waals surface area (Å²) in [4.78, 5) is 9.72. The Kier molecular flexibility index (Phi) is 10.2. The summed E-state index contributed by atoms with van der Waals surface area (Å²) in [5.74, 6) is 0.528. The van der Waals surface area contributed by atoms with E-state index in [4.69, 9.17) is 16.4 Å². The van der Waals surface area contributed by atoms with Crippen molar-refractivity contribution >= 4 is 40.7 Å². The van der Waals surface area contributed by atoms with Crippen LogP contribution in [-0.4, -0.2) is 23.4 Å². The number of carbonyl (C=O) groups excluding carboxylic acids is 1. The van der Waals surface area contributed by atoms with Crippen molar-refractivity contribution in [2.75, 3.05) is 12.4 Å². The average molecular weight is 569 g/mol. The molecule has 202 valence electrons. The maximum Gasteiger partial charge on any atom is 0.416 e. The van der Waals surface area contributed by atoms with Crippen LogP contribution in [0.1, 0.15) is 34.9 Å². The normalized spacial score (nSPS) is 11.3. The quantitative estimate of drug-likeness (QED) is 0.134. The number of aromatic nitrogens is 1. The Bertz CT molecular complexity index is 1390. The number of halogens is 6. The lowest BCUT2D eigenvalue weighted by Gasteiger charge is -2.15. The summed E-state index contributed by atoms with van der Waals surface area (Å²) >= 11 is 7.52. The number of alkyl halides is 4. The molecule has 1 amide bonds. The van der Waals surface area contributed by atoms with Gasteiger partial charge in [-0.15, -0.1) is 11.8 Å². The van der Waals surface area contributed by atoms with Crippen molar-refractivity contribution in [3.8, 4) is 0 Å². The lowest BCUT2D eigenvalue weighted by molar-refractivity contribution is -0.138. The van der Waals surface area contributed by atoms with Crippen LogP contribution in [-0.2, 0) is 30.4 Å². The molecule has 0 bridgehead atoms. The van der Waals surface area contributed by atoms with E-state index in [1.807, 2.05) is 24.3 Å². The number of rotatable bonds is 8. The molecular weight excluding hydrogens is 543 g/mol. The maximum absolute atomic E-state index is 15.1. The Labute approximate surface area is 226 Å². The van der Waals surface area contributed by atoms with Gasteiger partial charge in [-0.25, -0.2) is 8.78 Å². The van der Waals surface area contributed by atoms with E-state index in [2.05, 4.69) is 12.7 Å². The first-order valence-electron chi connectivity index (χ1n) is 11.7. The predicted octanol–water partition coefficient (Wildman–Crippen LogP) is 7.82.